The Kier molecular flexibility index (Phi) is 4.01. The first kappa shape index (κ1) is 18.7. The summed E-state index contributed by atoms with van der Waals surface area (Å²) in [6, 6.07) is 14.7. The number of hydrogen-bond acceptors (Lipinski definition) is 5. The number of nitrogens with zero attached hydrogens (tertiary/aromatic N) is 1. The van der Waals surface area contributed by atoms with Crippen molar-refractivity contribution in [2.24, 2.45) is 0 Å². The van der Waals surface area contributed by atoms with Crippen LogP contribution in [0.5, 0.6) is 11.5 Å². The first-order valence-corrected chi connectivity index (χ1v) is 9.61. The van der Waals surface area contributed by atoms with Crippen molar-refractivity contribution in [3.63, 3.8) is 0 Å². The molecule has 0 aromatic heterocycles. The van der Waals surface area contributed by atoms with Crippen LogP contribution in [0.1, 0.15) is 52.6 Å². The summed E-state index contributed by atoms with van der Waals surface area (Å²) >= 11 is 0. The average molecular weight is 412 g/mol. The molecule has 3 aromatic rings. The Morgan fingerprint density at radius 1 is 0.645 bits per heavy atom. The normalized spacial score (nSPS) is 14.6. The van der Waals surface area contributed by atoms with Crippen LogP contribution in [-0.2, 0) is 0 Å². The van der Waals surface area contributed by atoms with E-state index < -0.39 is 23.6 Å². The van der Waals surface area contributed by atoms with Crippen molar-refractivity contribution in [2.45, 2.75) is 13.8 Å². The topological polar surface area (TPSA) is 92.8 Å². The minimum atomic E-state index is -0.553. The second-order valence-corrected chi connectivity index (χ2v) is 7.51. The maximum atomic E-state index is 13.0. The highest BCUT2D eigenvalue weighted by Gasteiger charge is 2.38. The molecule has 1 N–H and O–H groups in total. The summed E-state index contributed by atoms with van der Waals surface area (Å²) in [5, 5.41) is 2.19. The van der Waals surface area contributed by atoms with Gasteiger partial charge in [-0.25, -0.2) is 4.90 Å². The quantitative estimate of drug-likeness (QED) is 0.661. The van der Waals surface area contributed by atoms with Crippen LogP contribution in [0.3, 0.4) is 0 Å². The van der Waals surface area contributed by atoms with Gasteiger partial charge < -0.3 is 4.74 Å². The van der Waals surface area contributed by atoms with Gasteiger partial charge in [0.15, 0.2) is 0 Å². The van der Waals surface area contributed by atoms with Crippen LogP contribution >= 0.6 is 0 Å². The largest absolute Gasteiger partial charge is 0.457 e. The number of fused-ring (bicyclic) bond motifs is 2. The lowest BCUT2D eigenvalue weighted by molar-refractivity contribution is 0.0873. The molecule has 7 nitrogen and oxygen atoms in total. The molecule has 0 spiro atoms. The fourth-order valence-corrected chi connectivity index (χ4v) is 3.73. The number of carbonyl (C=O) groups excluding carboxylic acids is 4. The number of anilines is 1. The smallest absolute Gasteiger partial charge is 0.266 e. The monoisotopic (exact) mass is 412 g/mol. The summed E-state index contributed by atoms with van der Waals surface area (Å²) in [5.41, 5.74) is 3.27. The van der Waals surface area contributed by atoms with Gasteiger partial charge in [0.1, 0.15) is 11.5 Å². The van der Waals surface area contributed by atoms with Gasteiger partial charge in [-0.2, -0.15) is 0 Å². The number of ether oxygens (including phenoxy) is 1. The van der Waals surface area contributed by atoms with Gasteiger partial charge in [0, 0.05) is 0 Å². The van der Waals surface area contributed by atoms with Gasteiger partial charge in [-0.1, -0.05) is 6.07 Å². The molecule has 3 aromatic carbocycles. The lowest BCUT2D eigenvalue weighted by Gasteiger charge is -2.14. The molecule has 0 bridgehead atoms. The number of aryl methyl sites for hydroxylation is 2. The molecule has 0 aliphatic carbocycles. The highest BCUT2D eigenvalue weighted by Crippen LogP contribution is 2.34. The minimum absolute atomic E-state index is 0.137. The van der Waals surface area contributed by atoms with Crippen molar-refractivity contribution in [3.8, 4) is 11.5 Å². The van der Waals surface area contributed by atoms with E-state index in [4.69, 9.17) is 4.74 Å². The Labute approximate surface area is 177 Å². The second kappa shape index (κ2) is 6.63. The minimum Gasteiger partial charge on any atom is -0.457 e. The van der Waals surface area contributed by atoms with Crippen LogP contribution in [0, 0.1) is 13.8 Å². The van der Waals surface area contributed by atoms with E-state index >= 15 is 0 Å². The lowest BCUT2D eigenvalue weighted by atomic mass is 10.1. The Balaban J connectivity index is 1.48. The Morgan fingerprint density at radius 2 is 1.29 bits per heavy atom. The number of rotatable bonds is 3. The number of carbonyl (C=O) groups is 4. The third-order valence-corrected chi connectivity index (χ3v) is 5.55. The van der Waals surface area contributed by atoms with Crippen LogP contribution in [0.25, 0.3) is 0 Å². The summed E-state index contributed by atoms with van der Waals surface area (Å²) in [6.45, 7) is 3.99. The van der Waals surface area contributed by atoms with Crippen molar-refractivity contribution >= 4 is 29.3 Å². The van der Waals surface area contributed by atoms with Crippen molar-refractivity contribution in [1.82, 2.24) is 5.32 Å². The third-order valence-electron chi connectivity index (χ3n) is 5.55. The van der Waals surface area contributed by atoms with Crippen molar-refractivity contribution in [3.05, 3.63) is 88.0 Å². The van der Waals surface area contributed by atoms with Crippen molar-refractivity contribution in [1.29, 1.82) is 0 Å². The second-order valence-electron chi connectivity index (χ2n) is 7.51. The van der Waals surface area contributed by atoms with E-state index in [2.05, 4.69) is 5.32 Å². The number of amides is 4. The molecule has 0 fully saturated rings. The Bertz CT molecular complexity index is 1340. The van der Waals surface area contributed by atoms with Crippen LogP contribution in [0.2, 0.25) is 0 Å². The molecule has 7 heteroatoms. The van der Waals surface area contributed by atoms with Gasteiger partial charge in [0.2, 0.25) is 0 Å². The number of imide groups is 2. The predicted molar refractivity (Wildman–Crippen MR) is 112 cm³/mol. The van der Waals surface area contributed by atoms with E-state index in [-0.39, 0.29) is 27.9 Å². The molecule has 5 rings (SSSR count). The predicted octanol–water partition coefficient (Wildman–Crippen LogP) is 3.78. The van der Waals surface area contributed by atoms with Gasteiger partial charge in [0.25, 0.3) is 23.6 Å². The third kappa shape index (κ3) is 2.90. The molecule has 2 aliphatic rings. The molecular formula is C24H16N2O5. The maximum Gasteiger partial charge on any atom is 0.266 e. The molecule has 0 unspecified atom stereocenters. The van der Waals surface area contributed by atoms with Gasteiger partial charge in [0.05, 0.1) is 27.9 Å². The highest BCUT2D eigenvalue weighted by molar-refractivity contribution is 6.35. The first-order valence-electron chi connectivity index (χ1n) is 9.61. The molecule has 2 heterocycles. The fourth-order valence-electron chi connectivity index (χ4n) is 3.73. The van der Waals surface area contributed by atoms with E-state index in [1.165, 1.54) is 24.3 Å². The molecular weight excluding hydrogens is 396 g/mol. The maximum absolute atomic E-state index is 13.0. The van der Waals surface area contributed by atoms with Gasteiger partial charge in [-0.15, -0.1) is 0 Å². The molecule has 152 valence electrons. The Morgan fingerprint density at radius 3 is 2.06 bits per heavy atom. The zero-order chi connectivity index (χ0) is 21.9. The van der Waals surface area contributed by atoms with Crippen LogP contribution in [-0.4, -0.2) is 23.6 Å². The molecule has 31 heavy (non-hydrogen) atoms. The summed E-state index contributed by atoms with van der Waals surface area (Å²) < 4.78 is 5.88. The van der Waals surface area contributed by atoms with Crippen molar-refractivity contribution < 1.29 is 23.9 Å². The van der Waals surface area contributed by atoms with Crippen LogP contribution < -0.4 is 15.0 Å². The van der Waals surface area contributed by atoms with Gasteiger partial charge in [-0.3, -0.25) is 24.5 Å². The number of benzene rings is 3. The van der Waals surface area contributed by atoms with Gasteiger partial charge in [-0.05, 0) is 73.5 Å². The lowest BCUT2D eigenvalue weighted by Crippen LogP contribution is -2.29. The van der Waals surface area contributed by atoms with Crippen LogP contribution in [0.15, 0.2) is 54.6 Å². The van der Waals surface area contributed by atoms with E-state index in [9.17, 15) is 19.2 Å². The SMILES string of the molecule is Cc1ccc(Oc2ccc3c(c2)C(=O)N(c2ccc4c(c2)C(=O)NC4=O)C3=O)cc1C. The Hall–Kier alpha value is -4.26. The zero-order valence-electron chi connectivity index (χ0n) is 16.7. The highest BCUT2D eigenvalue weighted by atomic mass is 16.5. The summed E-state index contributed by atoms with van der Waals surface area (Å²) in [6.07, 6.45) is 0. The van der Waals surface area contributed by atoms with Gasteiger partial charge >= 0.3 is 0 Å². The van der Waals surface area contributed by atoms with E-state index in [0.717, 1.165) is 16.0 Å². The van der Waals surface area contributed by atoms with E-state index in [1.54, 1.807) is 12.1 Å². The summed E-state index contributed by atoms with van der Waals surface area (Å²) in [4.78, 5) is 50.6. The average Bonchev–Trinajstić information content (AvgIpc) is 3.17. The van der Waals surface area contributed by atoms with Crippen LogP contribution in [0.4, 0.5) is 5.69 Å². The number of hydrogen-bond donors (Lipinski definition) is 1. The summed E-state index contributed by atoms with van der Waals surface area (Å²) in [5.74, 6) is -1.00. The zero-order valence-corrected chi connectivity index (χ0v) is 16.7. The molecule has 0 saturated heterocycles. The fraction of sp³-hybridized carbons (Fsp3) is 0.0833. The summed E-state index contributed by atoms with van der Waals surface area (Å²) in [7, 11) is 0. The molecule has 2 aliphatic heterocycles. The molecule has 0 radical (unpaired) electrons. The van der Waals surface area contributed by atoms with E-state index in [1.807, 2.05) is 32.0 Å². The van der Waals surface area contributed by atoms with E-state index in [0.29, 0.717) is 11.5 Å². The first-order chi connectivity index (χ1) is 14.8. The molecule has 0 saturated carbocycles. The van der Waals surface area contributed by atoms with Crippen molar-refractivity contribution in [2.75, 3.05) is 4.90 Å². The number of nitrogens with one attached hydrogen (secondary N) is 1. The molecule has 0 atom stereocenters. The molecule has 4 amide bonds. The standard InChI is InChI=1S/C24H16N2O5/c1-12-3-5-15(9-13(12)2)31-16-6-8-18-20(11-16)24(30)26(23(18)29)14-4-7-17-19(10-14)22(28)25-21(17)27/h3-11H,1-2H3,(H,25,27,28).